The minimum atomic E-state index is -3.33. The second-order valence-electron chi connectivity index (χ2n) is 5.79. The molecule has 0 aromatic rings. The zero-order chi connectivity index (χ0) is 14.0. The van der Waals surface area contributed by atoms with E-state index in [0.717, 1.165) is 25.7 Å². The Hall–Kier alpha value is -0.170. The van der Waals surface area contributed by atoms with E-state index in [4.69, 9.17) is 0 Å². The summed E-state index contributed by atoms with van der Waals surface area (Å²) in [5.74, 6) is 0.509. The van der Waals surface area contributed by atoms with Crippen LogP contribution >= 0.6 is 0 Å². The van der Waals surface area contributed by atoms with Gasteiger partial charge in [0.05, 0.1) is 6.10 Å². The average molecular weight is 290 g/mol. The lowest BCUT2D eigenvalue weighted by atomic mass is 10.00. The van der Waals surface area contributed by atoms with Crippen molar-refractivity contribution in [3.63, 3.8) is 0 Å². The molecule has 3 unspecified atom stereocenters. The van der Waals surface area contributed by atoms with Crippen molar-refractivity contribution in [2.24, 2.45) is 11.8 Å². The van der Waals surface area contributed by atoms with E-state index in [2.05, 4.69) is 0 Å². The van der Waals surface area contributed by atoms with Crippen LogP contribution in [-0.2, 0) is 10.2 Å². The Balaban J connectivity index is 2.07. The van der Waals surface area contributed by atoms with Crippen LogP contribution in [0, 0.1) is 11.8 Å². The largest absolute Gasteiger partial charge is 0.393 e. The molecule has 2 aliphatic rings. The summed E-state index contributed by atoms with van der Waals surface area (Å²) in [5, 5.41) is 9.89. The molecule has 1 aliphatic carbocycles. The highest BCUT2D eigenvalue weighted by atomic mass is 32.2. The molecule has 2 fully saturated rings. The standard InChI is InChI=1S/C13H26N2O3S/c1-3-7-14(8-4-2)19(17,18)15-9-11-5-6-13(16)12(11)10-15/h11-13,16H,3-10H2,1-2H3. The van der Waals surface area contributed by atoms with Crippen LogP contribution in [-0.4, -0.2) is 54.4 Å². The highest BCUT2D eigenvalue weighted by Crippen LogP contribution is 2.39. The Morgan fingerprint density at radius 2 is 1.79 bits per heavy atom. The molecule has 5 nitrogen and oxygen atoms in total. The molecule has 0 radical (unpaired) electrons. The number of nitrogens with zero attached hydrogens (tertiary/aromatic N) is 2. The van der Waals surface area contributed by atoms with Gasteiger partial charge in [0.2, 0.25) is 0 Å². The first-order chi connectivity index (χ1) is 9.00. The van der Waals surface area contributed by atoms with Crippen LogP contribution in [0.3, 0.4) is 0 Å². The zero-order valence-corrected chi connectivity index (χ0v) is 12.8. The third kappa shape index (κ3) is 2.96. The van der Waals surface area contributed by atoms with Gasteiger partial charge in [-0.15, -0.1) is 0 Å². The second-order valence-corrected chi connectivity index (χ2v) is 7.72. The first-order valence-electron chi connectivity index (χ1n) is 7.44. The molecule has 1 N–H and O–H groups in total. The predicted octanol–water partition coefficient (Wildman–Crippen LogP) is 1.06. The van der Waals surface area contributed by atoms with Gasteiger partial charge in [-0.25, -0.2) is 0 Å². The van der Waals surface area contributed by atoms with Crippen molar-refractivity contribution in [3.8, 4) is 0 Å². The first kappa shape index (κ1) is 15.2. The molecule has 0 spiro atoms. The molecule has 2 rings (SSSR count). The molecular weight excluding hydrogens is 264 g/mol. The predicted molar refractivity (Wildman–Crippen MR) is 74.9 cm³/mol. The van der Waals surface area contributed by atoms with Crippen molar-refractivity contribution in [2.75, 3.05) is 26.2 Å². The molecule has 0 amide bonds. The van der Waals surface area contributed by atoms with Gasteiger partial charge < -0.3 is 5.11 Å². The maximum Gasteiger partial charge on any atom is 0.281 e. The maximum absolute atomic E-state index is 12.6. The van der Waals surface area contributed by atoms with E-state index < -0.39 is 10.2 Å². The normalized spacial score (nSPS) is 32.1. The summed E-state index contributed by atoms with van der Waals surface area (Å²) in [5.41, 5.74) is 0. The summed E-state index contributed by atoms with van der Waals surface area (Å²) < 4.78 is 28.4. The highest BCUT2D eigenvalue weighted by Gasteiger charge is 2.46. The smallest absolute Gasteiger partial charge is 0.281 e. The first-order valence-corrected chi connectivity index (χ1v) is 8.83. The van der Waals surface area contributed by atoms with Crippen LogP contribution in [0.25, 0.3) is 0 Å². The van der Waals surface area contributed by atoms with Gasteiger partial charge in [0.15, 0.2) is 0 Å². The Morgan fingerprint density at radius 1 is 1.16 bits per heavy atom. The van der Waals surface area contributed by atoms with Crippen LogP contribution in [0.5, 0.6) is 0 Å². The molecule has 0 bridgehead atoms. The molecular formula is C13H26N2O3S. The van der Waals surface area contributed by atoms with Crippen molar-refractivity contribution in [1.82, 2.24) is 8.61 Å². The van der Waals surface area contributed by atoms with E-state index in [1.165, 1.54) is 0 Å². The number of rotatable bonds is 6. The Labute approximate surface area is 116 Å². The monoisotopic (exact) mass is 290 g/mol. The SMILES string of the molecule is CCCN(CCC)S(=O)(=O)N1CC2CCC(O)C2C1. The van der Waals surface area contributed by atoms with E-state index in [1.54, 1.807) is 8.61 Å². The van der Waals surface area contributed by atoms with Gasteiger partial charge in [-0.05, 0) is 31.6 Å². The molecule has 19 heavy (non-hydrogen) atoms. The van der Waals surface area contributed by atoms with E-state index >= 15 is 0 Å². The van der Waals surface area contributed by atoms with Crippen LogP contribution in [0.2, 0.25) is 0 Å². The number of fused-ring (bicyclic) bond motifs is 1. The molecule has 0 aromatic heterocycles. The summed E-state index contributed by atoms with van der Waals surface area (Å²) in [6.07, 6.45) is 3.15. The molecule has 0 aromatic carbocycles. The van der Waals surface area contributed by atoms with E-state index in [-0.39, 0.29) is 12.0 Å². The average Bonchev–Trinajstić information content (AvgIpc) is 2.92. The van der Waals surface area contributed by atoms with Gasteiger partial charge >= 0.3 is 0 Å². The Bertz CT molecular complexity index is 393. The number of hydrogen-bond donors (Lipinski definition) is 1. The summed E-state index contributed by atoms with van der Waals surface area (Å²) >= 11 is 0. The van der Waals surface area contributed by atoms with E-state index in [1.807, 2.05) is 13.8 Å². The van der Waals surface area contributed by atoms with Crippen LogP contribution in [0.15, 0.2) is 0 Å². The Morgan fingerprint density at radius 3 is 2.32 bits per heavy atom. The lowest BCUT2D eigenvalue weighted by Crippen LogP contribution is -2.44. The summed E-state index contributed by atoms with van der Waals surface area (Å²) in [4.78, 5) is 0. The minimum Gasteiger partial charge on any atom is -0.393 e. The molecule has 6 heteroatoms. The van der Waals surface area contributed by atoms with Gasteiger partial charge in [-0.3, -0.25) is 0 Å². The van der Waals surface area contributed by atoms with Crippen molar-refractivity contribution in [2.45, 2.75) is 45.6 Å². The molecule has 1 saturated carbocycles. The van der Waals surface area contributed by atoms with Crippen molar-refractivity contribution in [1.29, 1.82) is 0 Å². The van der Waals surface area contributed by atoms with Gasteiger partial charge in [0.1, 0.15) is 0 Å². The topological polar surface area (TPSA) is 60.9 Å². The summed E-state index contributed by atoms with van der Waals surface area (Å²) in [7, 11) is -3.33. The molecule has 1 heterocycles. The molecule has 1 aliphatic heterocycles. The van der Waals surface area contributed by atoms with Crippen molar-refractivity contribution < 1.29 is 13.5 Å². The summed E-state index contributed by atoms with van der Waals surface area (Å²) in [6, 6.07) is 0. The number of aliphatic hydroxyl groups is 1. The fourth-order valence-corrected chi connectivity index (χ4v) is 5.28. The number of aliphatic hydroxyl groups excluding tert-OH is 1. The fraction of sp³-hybridized carbons (Fsp3) is 1.00. The summed E-state index contributed by atoms with van der Waals surface area (Å²) in [6.45, 7) is 6.27. The number of hydrogen-bond acceptors (Lipinski definition) is 3. The Kier molecular flexibility index (Phi) is 4.87. The van der Waals surface area contributed by atoms with Gasteiger partial charge in [-0.1, -0.05) is 13.8 Å². The maximum atomic E-state index is 12.6. The van der Waals surface area contributed by atoms with Crippen LogP contribution in [0.4, 0.5) is 0 Å². The van der Waals surface area contributed by atoms with E-state index in [0.29, 0.717) is 32.1 Å². The molecule has 3 atom stereocenters. The molecule has 1 saturated heterocycles. The van der Waals surface area contributed by atoms with Crippen LogP contribution in [0.1, 0.15) is 39.5 Å². The van der Waals surface area contributed by atoms with E-state index in [9.17, 15) is 13.5 Å². The fourth-order valence-electron chi connectivity index (χ4n) is 3.39. The lowest BCUT2D eigenvalue weighted by Gasteiger charge is -2.27. The quantitative estimate of drug-likeness (QED) is 0.795. The third-order valence-electron chi connectivity index (χ3n) is 4.38. The lowest BCUT2D eigenvalue weighted by molar-refractivity contribution is 0.129. The van der Waals surface area contributed by atoms with Crippen molar-refractivity contribution >= 4 is 10.2 Å². The van der Waals surface area contributed by atoms with Gasteiger partial charge in [0, 0.05) is 32.1 Å². The minimum absolute atomic E-state index is 0.153. The zero-order valence-electron chi connectivity index (χ0n) is 12.0. The molecule has 112 valence electrons. The van der Waals surface area contributed by atoms with Crippen molar-refractivity contribution in [3.05, 3.63) is 0 Å². The second kappa shape index (κ2) is 6.08. The van der Waals surface area contributed by atoms with Crippen LogP contribution < -0.4 is 0 Å². The highest BCUT2D eigenvalue weighted by molar-refractivity contribution is 7.86. The van der Waals surface area contributed by atoms with Gasteiger partial charge in [-0.2, -0.15) is 17.0 Å². The van der Waals surface area contributed by atoms with Gasteiger partial charge in [0.25, 0.3) is 10.2 Å². The third-order valence-corrected chi connectivity index (χ3v) is 6.35.